The van der Waals surface area contributed by atoms with Crippen LogP contribution in [0.2, 0.25) is 0 Å². The number of aromatic nitrogens is 1. The zero-order chi connectivity index (χ0) is 20.1. The van der Waals surface area contributed by atoms with Crippen molar-refractivity contribution < 1.29 is 14.3 Å². The van der Waals surface area contributed by atoms with Crippen LogP contribution in [0.25, 0.3) is 10.9 Å². The Labute approximate surface area is 170 Å². The van der Waals surface area contributed by atoms with Gasteiger partial charge in [0.2, 0.25) is 0 Å². The molecule has 0 aliphatic carbocycles. The summed E-state index contributed by atoms with van der Waals surface area (Å²) in [6.07, 6.45) is 2.05. The molecule has 29 heavy (non-hydrogen) atoms. The van der Waals surface area contributed by atoms with Crippen LogP contribution in [0, 0.1) is 0 Å². The van der Waals surface area contributed by atoms with E-state index in [0.717, 1.165) is 27.8 Å². The summed E-state index contributed by atoms with van der Waals surface area (Å²) in [6, 6.07) is 25.9. The Kier molecular flexibility index (Phi) is 5.61. The Morgan fingerprint density at radius 3 is 2.52 bits per heavy atom. The predicted molar refractivity (Wildman–Crippen MR) is 114 cm³/mol. The van der Waals surface area contributed by atoms with E-state index in [9.17, 15) is 4.79 Å². The van der Waals surface area contributed by atoms with Crippen molar-refractivity contribution in [1.29, 1.82) is 0 Å². The average molecular weight is 385 g/mol. The third-order valence-corrected chi connectivity index (χ3v) is 4.80. The van der Waals surface area contributed by atoms with Crippen molar-refractivity contribution in [3.05, 3.63) is 102 Å². The molecular weight excluding hydrogens is 362 g/mol. The normalized spacial score (nSPS) is 10.8. The Bertz CT molecular complexity index is 1120. The summed E-state index contributed by atoms with van der Waals surface area (Å²) >= 11 is 0. The molecule has 1 aromatic heterocycles. The molecule has 3 aromatic carbocycles. The van der Waals surface area contributed by atoms with Crippen molar-refractivity contribution in [3.8, 4) is 5.75 Å². The van der Waals surface area contributed by atoms with Gasteiger partial charge in [0.15, 0.2) is 0 Å². The van der Waals surface area contributed by atoms with Gasteiger partial charge in [-0.1, -0.05) is 48.5 Å². The van der Waals surface area contributed by atoms with Gasteiger partial charge in [-0.2, -0.15) is 0 Å². The van der Waals surface area contributed by atoms with Gasteiger partial charge in [0.1, 0.15) is 12.4 Å². The largest absolute Gasteiger partial charge is 0.488 e. The minimum absolute atomic E-state index is 0.289. The van der Waals surface area contributed by atoms with E-state index in [4.69, 9.17) is 9.47 Å². The van der Waals surface area contributed by atoms with E-state index >= 15 is 0 Å². The van der Waals surface area contributed by atoms with Gasteiger partial charge in [0, 0.05) is 18.1 Å². The molecule has 0 bridgehead atoms. The van der Waals surface area contributed by atoms with Crippen molar-refractivity contribution in [2.45, 2.75) is 20.1 Å². The summed E-state index contributed by atoms with van der Waals surface area (Å²) in [5, 5.41) is 1.07. The summed E-state index contributed by atoms with van der Waals surface area (Å²) in [5.74, 6) is 0.577. The lowest BCUT2D eigenvalue weighted by molar-refractivity contribution is 0.0526. The van der Waals surface area contributed by atoms with E-state index < -0.39 is 0 Å². The van der Waals surface area contributed by atoms with E-state index in [1.54, 1.807) is 6.07 Å². The quantitative estimate of drug-likeness (QED) is 0.398. The second kappa shape index (κ2) is 8.65. The minimum atomic E-state index is -0.289. The molecule has 0 atom stereocenters. The van der Waals surface area contributed by atoms with Crippen molar-refractivity contribution in [2.24, 2.45) is 0 Å². The number of carbonyl (C=O) groups excluding carboxylic acids is 1. The van der Waals surface area contributed by atoms with Crippen LogP contribution in [0.15, 0.2) is 85.1 Å². The standard InChI is InChI=1S/C25H23NO3/c1-2-28-25(27)21-11-6-10-20(16-21)17-26-15-14-22-23(26)12-7-13-24(22)29-18-19-8-4-3-5-9-19/h3-16H,2,17-18H2,1H3. The lowest BCUT2D eigenvalue weighted by atomic mass is 10.1. The molecule has 0 aliphatic heterocycles. The van der Waals surface area contributed by atoms with Crippen molar-refractivity contribution >= 4 is 16.9 Å². The molecule has 0 radical (unpaired) electrons. The van der Waals surface area contributed by atoms with Gasteiger partial charge in [0.05, 0.1) is 17.7 Å². The van der Waals surface area contributed by atoms with Crippen LogP contribution < -0.4 is 4.74 Å². The summed E-state index contributed by atoms with van der Waals surface area (Å²) in [5.41, 5.74) is 3.85. The van der Waals surface area contributed by atoms with E-state index in [1.807, 2.05) is 55.5 Å². The van der Waals surface area contributed by atoms with Gasteiger partial charge >= 0.3 is 5.97 Å². The first-order valence-corrected chi connectivity index (χ1v) is 9.75. The average Bonchev–Trinajstić information content (AvgIpc) is 3.17. The number of esters is 1. The molecule has 4 heteroatoms. The molecule has 0 saturated heterocycles. The highest BCUT2D eigenvalue weighted by Gasteiger charge is 2.10. The van der Waals surface area contributed by atoms with Gasteiger partial charge < -0.3 is 14.0 Å². The number of benzene rings is 3. The second-order valence-corrected chi connectivity index (χ2v) is 6.83. The SMILES string of the molecule is CCOC(=O)c1cccc(Cn2ccc3c(OCc4ccccc4)cccc32)c1. The van der Waals surface area contributed by atoms with Crippen molar-refractivity contribution in [2.75, 3.05) is 6.61 Å². The summed E-state index contributed by atoms with van der Waals surface area (Å²) < 4.78 is 13.3. The number of carbonyl (C=O) groups is 1. The molecule has 1 heterocycles. The molecule has 0 amide bonds. The number of rotatable bonds is 7. The lowest BCUT2D eigenvalue weighted by Gasteiger charge is -2.10. The first-order valence-electron chi connectivity index (χ1n) is 9.75. The third kappa shape index (κ3) is 4.32. The summed E-state index contributed by atoms with van der Waals surface area (Å²) in [7, 11) is 0. The Morgan fingerprint density at radius 2 is 1.69 bits per heavy atom. The fourth-order valence-corrected chi connectivity index (χ4v) is 3.40. The molecule has 0 N–H and O–H groups in total. The van der Waals surface area contributed by atoms with Crippen LogP contribution in [0.1, 0.15) is 28.4 Å². The fraction of sp³-hybridized carbons (Fsp3) is 0.160. The van der Waals surface area contributed by atoms with Gasteiger partial charge in [-0.15, -0.1) is 0 Å². The van der Waals surface area contributed by atoms with Crippen LogP contribution in [0.5, 0.6) is 5.75 Å². The van der Waals surface area contributed by atoms with E-state index in [0.29, 0.717) is 25.3 Å². The Hall–Kier alpha value is -3.53. The highest BCUT2D eigenvalue weighted by molar-refractivity contribution is 5.89. The van der Waals surface area contributed by atoms with Crippen LogP contribution in [0.4, 0.5) is 0 Å². The number of fused-ring (bicyclic) bond motifs is 1. The maximum Gasteiger partial charge on any atom is 0.338 e. The van der Waals surface area contributed by atoms with Gasteiger partial charge in [0.25, 0.3) is 0 Å². The van der Waals surface area contributed by atoms with Crippen molar-refractivity contribution in [1.82, 2.24) is 4.57 Å². The summed E-state index contributed by atoms with van der Waals surface area (Å²) in [4.78, 5) is 12.0. The first-order chi connectivity index (χ1) is 14.2. The molecule has 0 fully saturated rings. The van der Waals surface area contributed by atoms with E-state index in [1.165, 1.54) is 0 Å². The lowest BCUT2D eigenvalue weighted by Crippen LogP contribution is -2.06. The van der Waals surface area contributed by atoms with Crippen LogP contribution in [-0.2, 0) is 17.9 Å². The second-order valence-electron chi connectivity index (χ2n) is 6.83. The smallest absolute Gasteiger partial charge is 0.338 e. The Balaban J connectivity index is 1.55. The van der Waals surface area contributed by atoms with Crippen LogP contribution in [-0.4, -0.2) is 17.1 Å². The predicted octanol–water partition coefficient (Wildman–Crippen LogP) is 5.45. The van der Waals surface area contributed by atoms with E-state index in [2.05, 4.69) is 35.0 Å². The van der Waals surface area contributed by atoms with E-state index in [-0.39, 0.29) is 5.97 Å². The molecule has 4 rings (SSSR count). The topological polar surface area (TPSA) is 40.5 Å². The highest BCUT2D eigenvalue weighted by Crippen LogP contribution is 2.28. The summed E-state index contributed by atoms with van der Waals surface area (Å²) in [6.45, 7) is 3.38. The zero-order valence-corrected chi connectivity index (χ0v) is 16.4. The number of hydrogen-bond donors (Lipinski definition) is 0. The maximum atomic E-state index is 12.0. The molecule has 0 saturated carbocycles. The van der Waals surface area contributed by atoms with Crippen LogP contribution >= 0.6 is 0 Å². The third-order valence-electron chi connectivity index (χ3n) is 4.80. The molecule has 0 unspecified atom stereocenters. The van der Waals surface area contributed by atoms with Gasteiger partial charge in [-0.3, -0.25) is 0 Å². The maximum absolute atomic E-state index is 12.0. The first kappa shape index (κ1) is 18.8. The molecule has 0 aliphatic rings. The molecule has 146 valence electrons. The molecule has 4 nitrogen and oxygen atoms in total. The fourth-order valence-electron chi connectivity index (χ4n) is 3.40. The zero-order valence-electron chi connectivity index (χ0n) is 16.4. The molecular formula is C25H23NO3. The highest BCUT2D eigenvalue weighted by atomic mass is 16.5. The monoisotopic (exact) mass is 385 g/mol. The Morgan fingerprint density at radius 1 is 0.897 bits per heavy atom. The minimum Gasteiger partial charge on any atom is -0.488 e. The van der Waals surface area contributed by atoms with Crippen LogP contribution in [0.3, 0.4) is 0 Å². The van der Waals surface area contributed by atoms with Crippen molar-refractivity contribution in [3.63, 3.8) is 0 Å². The van der Waals surface area contributed by atoms with Gasteiger partial charge in [-0.25, -0.2) is 4.79 Å². The van der Waals surface area contributed by atoms with Gasteiger partial charge in [-0.05, 0) is 48.4 Å². The number of hydrogen-bond acceptors (Lipinski definition) is 3. The molecule has 0 spiro atoms. The number of ether oxygens (including phenoxy) is 2. The number of nitrogens with zero attached hydrogens (tertiary/aromatic N) is 1. The molecule has 4 aromatic rings.